The third kappa shape index (κ3) is 2.13. The van der Waals surface area contributed by atoms with Crippen LogP contribution >= 0.6 is 0 Å². The van der Waals surface area contributed by atoms with Crippen LogP contribution in [0, 0.1) is 0 Å². The van der Waals surface area contributed by atoms with Gasteiger partial charge in [0.1, 0.15) is 5.52 Å². The van der Waals surface area contributed by atoms with Crippen LogP contribution in [0.3, 0.4) is 0 Å². The molecular weight excluding hydrogens is 254 g/mol. The van der Waals surface area contributed by atoms with Crippen molar-refractivity contribution in [3.63, 3.8) is 0 Å². The van der Waals surface area contributed by atoms with Crippen LogP contribution in [0.1, 0.15) is 12.8 Å². The van der Waals surface area contributed by atoms with Crippen LogP contribution in [0.5, 0.6) is 0 Å². The minimum Gasteiger partial charge on any atom is -0.365 e. The molecule has 0 aromatic carbocycles. The molecule has 0 bridgehead atoms. The molecule has 0 radical (unpaired) electrons. The molecule has 3 heterocycles. The molecule has 1 saturated carbocycles. The van der Waals surface area contributed by atoms with Gasteiger partial charge < -0.3 is 15.6 Å². The molecule has 0 unspecified atom stereocenters. The van der Waals surface area contributed by atoms with Crippen molar-refractivity contribution >= 4 is 28.6 Å². The monoisotopic (exact) mass is 267 g/mol. The summed E-state index contributed by atoms with van der Waals surface area (Å²) in [5.41, 5.74) is 2.34. The topological polar surface area (TPSA) is 91.4 Å². The summed E-state index contributed by atoms with van der Waals surface area (Å²) >= 11 is 0. The fourth-order valence-corrected chi connectivity index (χ4v) is 1.98. The SMILES string of the molecule is c1cncc(Nc2nc(NC3CC3)c3nc[nH]c3n2)c1. The quantitative estimate of drug-likeness (QED) is 0.670. The van der Waals surface area contributed by atoms with Gasteiger partial charge in [0.15, 0.2) is 11.5 Å². The Labute approximate surface area is 114 Å². The fraction of sp³-hybridized carbons (Fsp3) is 0.231. The van der Waals surface area contributed by atoms with Gasteiger partial charge in [-0.2, -0.15) is 9.97 Å². The Balaban J connectivity index is 1.71. The van der Waals surface area contributed by atoms with E-state index in [-0.39, 0.29) is 0 Å². The van der Waals surface area contributed by atoms with Gasteiger partial charge in [-0.15, -0.1) is 0 Å². The summed E-state index contributed by atoms with van der Waals surface area (Å²) in [4.78, 5) is 20.3. The summed E-state index contributed by atoms with van der Waals surface area (Å²) in [7, 11) is 0. The molecule has 20 heavy (non-hydrogen) atoms. The molecule has 3 aromatic rings. The van der Waals surface area contributed by atoms with E-state index < -0.39 is 0 Å². The van der Waals surface area contributed by atoms with Crippen molar-refractivity contribution in [1.29, 1.82) is 0 Å². The lowest BCUT2D eigenvalue weighted by molar-refractivity contribution is 1.10. The second-order valence-corrected chi connectivity index (χ2v) is 4.78. The predicted octanol–water partition coefficient (Wildman–Crippen LogP) is 2.07. The average molecular weight is 267 g/mol. The van der Waals surface area contributed by atoms with Crippen LogP contribution in [0.2, 0.25) is 0 Å². The van der Waals surface area contributed by atoms with Crippen LogP contribution in [-0.2, 0) is 0 Å². The van der Waals surface area contributed by atoms with E-state index in [1.54, 1.807) is 18.7 Å². The van der Waals surface area contributed by atoms with Gasteiger partial charge in [0.2, 0.25) is 5.95 Å². The van der Waals surface area contributed by atoms with Crippen molar-refractivity contribution in [3.8, 4) is 0 Å². The van der Waals surface area contributed by atoms with Gasteiger partial charge in [0, 0.05) is 12.2 Å². The van der Waals surface area contributed by atoms with Gasteiger partial charge in [-0.3, -0.25) is 4.98 Å². The number of fused-ring (bicyclic) bond motifs is 1. The lowest BCUT2D eigenvalue weighted by atomic mass is 10.4. The fourth-order valence-electron chi connectivity index (χ4n) is 1.98. The highest BCUT2D eigenvalue weighted by Gasteiger charge is 2.23. The van der Waals surface area contributed by atoms with Crippen molar-refractivity contribution in [2.45, 2.75) is 18.9 Å². The molecule has 0 amide bonds. The lowest BCUT2D eigenvalue weighted by Gasteiger charge is -2.08. The first-order chi connectivity index (χ1) is 9.88. The molecule has 1 fully saturated rings. The summed E-state index contributed by atoms with van der Waals surface area (Å²) in [6, 6.07) is 4.29. The number of imidazole rings is 1. The van der Waals surface area contributed by atoms with E-state index in [4.69, 9.17) is 0 Å². The maximum absolute atomic E-state index is 4.50. The number of anilines is 3. The van der Waals surface area contributed by atoms with E-state index in [1.165, 1.54) is 12.8 Å². The third-order valence-corrected chi connectivity index (χ3v) is 3.11. The second kappa shape index (κ2) is 4.44. The molecule has 3 aromatic heterocycles. The molecule has 7 heteroatoms. The summed E-state index contributed by atoms with van der Waals surface area (Å²) in [6.07, 6.45) is 7.45. The standard InChI is InChI=1S/C13H13N7/c1-2-9(6-14-5-1)18-13-19-11-10(15-7-16-11)12(20-13)17-8-3-4-8/h1-2,5-8H,3-4H2,(H3,15,16,17,18,19,20). The highest BCUT2D eigenvalue weighted by Crippen LogP contribution is 2.27. The van der Waals surface area contributed by atoms with Crippen molar-refractivity contribution in [2.75, 3.05) is 10.6 Å². The van der Waals surface area contributed by atoms with Crippen LogP contribution < -0.4 is 10.6 Å². The van der Waals surface area contributed by atoms with E-state index in [9.17, 15) is 0 Å². The Morgan fingerprint density at radius 2 is 2.20 bits per heavy atom. The molecule has 1 aliphatic rings. The minimum absolute atomic E-state index is 0.510. The third-order valence-electron chi connectivity index (χ3n) is 3.11. The first-order valence-corrected chi connectivity index (χ1v) is 6.53. The lowest BCUT2D eigenvalue weighted by Crippen LogP contribution is -2.07. The smallest absolute Gasteiger partial charge is 0.231 e. The van der Waals surface area contributed by atoms with Crippen molar-refractivity contribution in [1.82, 2.24) is 24.9 Å². The predicted molar refractivity (Wildman–Crippen MR) is 75.8 cm³/mol. The molecule has 1 aliphatic carbocycles. The minimum atomic E-state index is 0.510. The molecule has 3 N–H and O–H groups in total. The van der Waals surface area contributed by atoms with Gasteiger partial charge in [-0.1, -0.05) is 0 Å². The zero-order valence-electron chi connectivity index (χ0n) is 10.7. The molecule has 0 spiro atoms. The van der Waals surface area contributed by atoms with Crippen LogP contribution in [0.4, 0.5) is 17.5 Å². The normalized spacial score (nSPS) is 14.4. The Morgan fingerprint density at radius 1 is 1.25 bits per heavy atom. The van der Waals surface area contributed by atoms with Gasteiger partial charge >= 0.3 is 0 Å². The van der Waals surface area contributed by atoms with Crippen molar-refractivity contribution in [2.24, 2.45) is 0 Å². The number of rotatable bonds is 4. The largest absolute Gasteiger partial charge is 0.365 e. The maximum atomic E-state index is 4.50. The van der Waals surface area contributed by atoms with E-state index in [0.717, 1.165) is 22.7 Å². The van der Waals surface area contributed by atoms with Crippen molar-refractivity contribution < 1.29 is 0 Å². The number of nitrogens with zero attached hydrogens (tertiary/aromatic N) is 4. The number of H-pyrrole nitrogens is 1. The van der Waals surface area contributed by atoms with Crippen LogP contribution in [0.15, 0.2) is 30.9 Å². The summed E-state index contributed by atoms with van der Waals surface area (Å²) < 4.78 is 0. The van der Waals surface area contributed by atoms with Gasteiger partial charge in [0.25, 0.3) is 0 Å². The molecule has 0 saturated heterocycles. The molecule has 7 nitrogen and oxygen atoms in total. The van der Waals surface area contributed by atoms with Crippen LogP contribution in [0.25, 0.3) is 11.2 Å². The van der Waals surface area contributed by atoms with E-state index in [2.05, 4.69) is 35.6 Å². The van der Waals surface area contributed by atoms with Crippen LogP contribution in [-0.4, -0.2) is 31.0 Å². The highest BCUT2D eigenvalue weighted by molar-refractivity contribution is 5.84. The number of pyridine rings is 1. The Bertz CT molecular complexity index is 733. The van der Waals surface area contributed by atoms with Gasteiger partial charge in [-0.25, -0.2) is 4.98 Å². The zero-order chi connectivity index (χ0) is 13.4. The second-order valence-electron chi connectivity index (χ2n) is 4.78. The van der Waals surface area contributed by atoms with E-state index in [1.807, 2.05) is 12.1 Å². The number of hydrogen-bond acceptors (Lipinski definition) is 6. The number of hydrogen-bond donors (Lipinski definition) is 3. The van der Waals surface area contributed by atoms with E-state index >= 15 is 0 Å². The number of nitrogens with one attached hydrogen (secondary N) is 3. The van der Waals surface area contributed by atoms with Gasteiger partial charge in [0.05, 0.1) is 18.2 Å². The Hall–Kier alpha value is -2.70. The summed E-state index contributed by atoms with van der Waals surface area (Å²) in [5, 5.41) is 6.53. The number of aromatic amines is 1. The summed E-state index contributed by atoms with van der Waals surface area (Å²) in [5.74, 6) is 1.29. The van der Waals surface area contributed by atoms with Gasteiger partial charge in [-0.05, 0) is 25.0 Å². The Kier molecular flexibility index (Phi) is 2.48. The molecule has 0 atom stereocenters. The first-order valence-electron chi connectivity index (χ1n) is 6.53. The molecule has 4 rings (SSSR count). The maximum Gasteiger partial charge on any atom is 0.231 e. The molecule has 100 valence electrons. The zero-order valence-corrected chi connectivity index (χ0v) is 10.7. The molecule has 0 aliphatic heterocycles. The first kappa shape index (κ1) is 11.2. The van der Waals surface area contributed by atoms with E-state index in [0.29, 0.717) is 12.0 Å². The molecular formula is C13H13N7. The van der Waals surface area contributed by atoms with Crippen molar-refractivity contribution in [3.05, 3.63) is 30.9 Å². The average Bonchev–Trinajstić information content (AvgIpc) is 3.15. The number of aromatic nitrogens is 5. The Morgan fingerprint density at radius 3 is 3.00 bits per heavy atom. The summed E-state index contributed by atoms with van der Waals surface area (Å²) in [6.45, 7) is 0. The highest BCUT2D eigenvalue weighted by atomic mass is 15.2.